The highest BCUT2D eigenvalue weighted by atomic mass is 14.0. The van der Waals surface area contributed by atoms with Gasteiger partial charge in [0.05, 0.1) is 0 Å². The topological polar surface area (TPSA) is 0 Å². The zero-order valence-corrected chi connectivity index (χ0v) is 21.6. The summed E-state index contributed by atoms with van der Waals surface area (Å²) in [6.45, 7) is 10.6. The molecule has 0 aliphatic carbocycles. The Balaban J connectivity index is 0.000000194. The molecule has 36 heavy (non-hydrogen) atoms. The van der Waals surface area contributed by atoms with Crippen molar-refractivity contribution in [2.45, 2.75) is 42.0 Å². The van der Waals surface area contributed by atoms with Gasteiger partial charge in [0.15, 0.2) is 0 Å². The van der Waals surface area contributed by atoms with Crippen LogP contribution in [0.2, 0.25) is 0 Å². The van der Waals surface area contributed by atoms with E-state index in [0.29, 0.717) is 0 Å². The smallest absolute Gasteiger partial charge is 0.0155 e. The van der Waals surface area contributed by atoms with Crippen LogP contribution < -0.4 is 0 Å². The Kier molecular flexibility index (Phi) is 11.4. The van der Waals surface area contributed by atoms with E-state index in [1.807, 2.05) is 6.07 Å². The summed E-state index contributed by atoms with van der Waals surface area (Å²) in [6.07, 6.45) is 0. The number of hydrogen-bond acceptors (Lipinski definition) is 0. The monoisotopic (exact) mass is 472 g/mol. The fraction of sp³-hybridized carbons (Fsp3) is 0.167. The molecule has 0 N–H and O–H groups in total. The fourth-order valence-corrected chi connectivity index (χ4v) is 3.97. The van der Waals surface area contributed by atoms with Gasteiger partial charge in [-0.25, -0.2) is 0 Å². The second-order valence-electron chi connectivity index (χ2n) is 9.08. The van der Waals surface area contributed by atoms with Crippen LogP contribution in [0.1, 0.15) is 35.2 Å². The summed E-state index contributed by atoms with van der Waals surface area (Å²) in [5.41, 5.74) is 11.8. The lowest BCUT2D eigenvalue weighted by molar-refractivity contribution is 1.39. The summed E-state index contributed by atoms with van der Waals surface area (Å²) in [5, 5.41) is 0. The van der Waals surface area contributed by atoms with Crippen molar-refractivity contribution in [2.24, 2.45) is 0 Å². The molecule has 0 saturated carbocycles. The van der Waals surface area contributed by atoms with E-state index >= 15 is 0 Å². The van der Waals surface area contributed by atoms with Crippen molar-refractivity contribution in [1.82, 2.24) is 0 Å². The highest BCUT2D eigenvalue weighted by molar-refractivity contribution is 5.67. The van der Waals surface area contributed by atoms with Crippen LogP contribution >= 0.6 is 0 Å². The minimum Gasteiger partial charge on any atom is -0.0776 e. The van der Waals surface area contributed by atoms with Gasteiger partial charge in [0.25, 0.3) is 0 Å². The Morgan fingerprint density at radius 2 is 0.722 bits per heavy atom. The molecule has 0 heterocycles. The molecule has 5 aromatic rings. The number of rotatable bonds is 2. The maximum absolute atomic E-state index is 2.22. The lowest BCUT2D eigenvalue weighted by Crippen LogP contribution is -1.80. The minimum absolute atomic E-state index is 0. The number of hydrogen-bond donors (Lipinski definition) is 0. The normalized spacial score (nSPS) is 9.58. The first kappa shape index (κ1) is 28.3. The summed E-state index contributed by atoms with van der Waals surface area (Å²) in [4.78, 5) is 0. The van der Waals surface area contributed by atoms with Gasteiger partial charge in [-0.2, -0.15) is 0 Å². The second kappa shape index (κ2) is 14.5. The van der Waals surface area contributed by atoms with E-state index in [2.05, 4.69) is 156 Å². The van der Waals surface area contributed by atoms with Crippen LogP contribution in [0.25, 0.3) is 22.3 Å². The standard InChI is InChI=1S/C14H14.C13H12.C8H10.CH4/c1-11-5-3-7-13(9-11)14-8-4-6-12(2)10-14;1-11-7-5-6-10-13(11)12-8-3-2-4-9-12;1-7-4-3-5-8(2)6-7;/h3-10H,1-2H3;2-10H,1H3;3-6H,1-2H3;1H4. The van der Waals surface area contributed by atoms with Gasteiger partial charge in [-0.05, 0) is 62.4 Å². The number of aryl methyl sites for hydroxylation is 5. The molecule has 0 saturated heterocycles. The first-order valence-corrected chi connectivity index (χ1v) is 12.2. The van der Waals surface area contributed by atoms with Gasteiger partial charge in [0, 0.05) is 0 Å². The molecule has 0 amide bonds. The van der Waals surface area contributed by atoms with E-state index in [1.54, 1.807) is 0 Å². The first-order chi connectivity index (χ1) is 16.9. The van der Waals surface area contributed by atoms with E-state index in [9.17, 15) is 0 Å². The quantitative estimate of drug-likeness (QED) is 0.240. The molecule has 0 spiro atoms. The van der Waals surface area contributed by atoms with E-state index < -0.39 is 0 Å². The van der Waals surface area contributed by atoms with E-state index in [1.165, 1.54) is 50.1 Å². The average Bonchev–Trinajstić information content (AvgIpc) is 2.86. The Labute approximate surface area is 219 Å². The molecule has 0 bridgehead atoms. The van der Waals surface area contributed by atoms with Crippen LogP contribution in [0.15, 0.2) is 127 Å². The predicted molar refractivity (Wildman–Crippen MR) is 161 cm³/mol. The molecule has 0 aliphatic heterocycles. The van der Waals surface area contributed by atoms with Gasteiger partial charge in [0.2, 0.25) is 0 Å². The summed E-state index contributed by atoms with van der Waals surface area (Å²) in [5.74, 6) is 0. The van der Waals surface area contributed by atoms with Crippen LogP contribution in [0.3, 0.4) is 0 Å². The zero-order chi connectivity index (χ0) is 25.0. The number of benzene rings is 5. The van der Waals surface area contributed by atoms with Crippen molar-refractivity contribution in [3.63, 3.8) is 0 Å². The SMILES string of the molecule is C.Cc1cccc(-c2cccc(C)c2)c1.Cc1cccc(C)c1.Cc1ccccc1-c1ccccc1. The van der Waals surface area contributed by atoms with E-state index in [-0.39, 0.29) is 7.43 Å². The van der Waals surface area contributed by atoms with Crippen molar-refractivity contribution in [1.29, 1.82) is 0 Å². The van der Waals surface area contributed by atoms with E-state index in [4.69, 9.17) is 0 Å². The predicted octanol–water partition coefficient (Wildman–Crippen LogP) is 10.6. The molecule has 0 aromatic heterocycles. The van der Waals surface area contributed by atoms with E-state index in [0.717, 1.165) is 0 Å². The third kappa shape index (κ3) is 9.04. The maximum Gasteiger partial charge on any atom is -0.0155 e. The third-order valence-electron chi connectivity index (χ3n) is 5.77. The molecule has 5 aromatic carbocycles. The molecular weight excluding hydrogens is 432 g/mol. The summed E-state index contributed by atoms with van der Waals surface area (Å²) >= 11 is 0. The average molecular weight is 473 g/mol. The van der Waals surface area contributed by atoms with Crippen molar-refractivity contribution in [3.05, 3.63) is 155 Å². The summed E-state index contributed by atoms with van der Waals surface area (Å²) in [7, 11) is 0. The highest BCUT2D eigenvalue weighted by Gasteiger charge is 1.98. The van der Waals surface area contributed by atoms with Crippen molar-refractivity contribution >= 4 is 0 Å². The maximum atomic E-state index is 2.22. The van der Waals surface area contributed by atoms with Gasteiger partial charge in [-0.3, -0.25) is 0 Å². The molecule has 0 fully saturated rings. The summed E-state index contributed by atoms with van der Waals surface area (Å²) < 4.78 is 0. The lowest BCUT2D eigenvalue weighted by Gasteiger charge is -2.04. The van der Waals surface area contributed by atoms with Crippen LogP contribution in [0.5, 0.6) is 0 Å². The Hall–Kier alpha value is -3.90. The molecular formula is C36H40. The lowest BCUT2D eigenvalue weighted by atomic mass is 10.0. The molecule has 0 unspecified atom stereocenters. The van der Waals surface area contributed by atoms with Gasteiger partial charge in [-0.15, -0.1) is 0 Å². The van der Waals surface area contributed by atoms with Gasteiger partial charge < -0.3 is 0 Å². The van der Waals surface area contributed by atoms with Crippen LogP contribution in [0.4, 0.5) is 0 Å². The third-order valence-corrected chi connectivity index (χ3v) is 5.77. The molecule has 0 atom stereocenters. The largest absolute Gasteiger partial charge is 0.0776 e. The molecule has 0 heteroatoms. The minimum atomic E-state index is 0. The van der Waals surface area contributed by atoms with Crippen molar-refractivity contribution < 1.29 is 0 Å². The van der Waals surface area contributed by atoms with Gasteiger partial charge in [0.1, 0.15) is 0 Å². The van der Waals surface area contributed by atoms with Crippen LogP contribution in [-0.4, -0.2) is 0 Å². The van der Waals surface area contributed by atoms with Crippen molar-refractivity contribution in [3.8, 4) is 22.3 Å². The molecule has 0 radical (unpaired) electrons. The molecule has 184 valence electrons. The molecule has 0 aliphatic rings. The fourth-order valence-electron chi connectivity index (χ4n) is 3.97. The second-order valence-corrected chi connectivity index (χ2v) is 9.08. The Morgan fingerprint density at radius 3 is 1.14 bits per heavy atom. The summed E-state index contributed by atoms with van der Waals surface area (Å²) in [6, 6.07) is 44.6. The zero-order valence-electron chi connectivity index (χ0n) is 21.6. The Bertz CT molecular complexity index is 1270. The van der Waals surface area contributed by atoms with Crippen LogP contribution in [-0.2, 0) is 0 Å². The van der Waals surface area contributed by atoms with Gasteiger partial charge in [-0.1, -0.05) is 157 Å². The molecule has 0 nitrogen and oxygen atoms in total. The van der Waals surface area contributed by atoms with Crippen molar-refractivity contribution in [2.75, 3.05) is 0 Å². The Morgan fingerprint density at radius 1 is 0.333 bits per heavy atom. The first-order valence-electron chi connectivity index (χ1n) is 12.2. The van der Waals surface area contributed by atoms with Gasteiger partial charge >= 0.3 is 0 Å². The van der Waals surface area contributed by atoms with Crippen LogP contribution in [0, 0.1) is 34.6 Å². The molecule has 5 rings (SSSR count). The highest BCUT2D eigenvalue weighted by Crippen LogP contribution is 2.22.